The van der Waals surface area contributed by atoms with Crippen molar-refractivity contribution in [3.05, 3.63) is 0 Å². The Morgan fingerprint density at radius 1 is 0.542 bits per heavy atom. The molecule has 24 heavy (non-hydrogen) atoms. The highest BCUT2D eigenvalue weighted by atomic mass is 16.5. The summed E-state index contributed by atoms with van der Waals surface area (Å²) in [6, 6.07) is 0. The highest BCUT2D eigenvalue weighted by Crippen LogP contribution is 2.09. The normalized spacial score (nSPS) is 10.6. The van der Waals surface area contributed by atoms with Crippen LogP contribution in [0.2, 0.25) is 0 Å². The molecule has 0 aromatic carbocycles. The second-order valence-electron chi connectivity index (χ2n) is 5.65. The summed E-state index contributed by atoms with van der Waals surface area (Å²) in [5, 5.41) is 50.5. The molecule has 0 unspecified atom stereocenters. The van der Waals surface area contributed by atoms with Crippen LogP contribution in [0.25, 0.3) is 0 Å². The smallest absolute Gasteiger partial charge is 0.303 e. The average Bonchev–Trinajstić information content (AvgIpc) is 2.46. The predicted molar refractivity (Wildman–Crippen MR) is 87.1 cm³/mol. The lowest BCUT2D eigenvalue weighted by molar-refractivity contribution is -0.139. The van der Waals surface area contributed by atoms with E-state index in [9.17, 15) is 9.59 Å². The first-order valence-electron chi connectivity index (χ1n) is 8.41. The van der Waals surface area contributed by atoms with Crippen LogP contribution >= 0.6 is 0 Å². The van der Waals surface area contributed by atoms with E-state index in [1.165, 1.54) is 0 Å². The van der Waals surface area contributed by atoms with Gasteiger partial charge >= 0.3 is 11.9 Å². The zero-order chi connectivity index (χ0) is 18.8. The first-order chi connectivity index (χ1) is 11.3. The molecule has 0 saturated heterocycles. The number of aliphatic hydroxyl groups excluding tert-OH is 2. The van der Waals surface area contributed by atoms with Gasteiger partial charge in [-0.2, -0.15) is 0 Å². The van der Waals surface area contributed by atoms with E-state index >= 15 is 0 Å². The van der Waals surface area contributed by atoms with Crippen LogP contribution in [0.5, 0.6) is 0 Å². The second-order valence-corrected chi connectivity index (χ2v) is 5.65. The summed E-state index contributed by atoms with van der Waals surface area (Å²) in [4.78, 5) is 19.8. The van der Waals surface area contributed by atoms with Gasteiger partial charge in [0.1, 0.15) is 0 Å². The van der Waals surface area contributed by atoms with E-state index in [2.05, 4.69) is 0 Å². The Kier molecular flexibility index (Phi) is 18.9. The van der Waals surface area contributed by atoms with Crippen molar-refractivity contribution in [3.8, 4) is 0 Å². The van der Waals surface area contributed by atoms with E-state index in [1.807, 2.05) is 0 Å². The third-order valence-electron chi connectivity index (χ3n) is 3.21. The maximum absolute atomic E-state index is 9.90. The molecule has 0 radical (unpaired) electrons. The van der Waals surface area contributed by atoms with E-state index < -0.39 is 24.5 Å². The van der Waals surface area contributed by atoms with E-state index in [0.717, 1.165) is 38.5 Å². The van der Waals surface area contributed by atoms with E-state index in [4.69, 9.17) is 30.6 Å². The van der Waals surface area contributed by atoms with Crippen LogP contribution < -0.4 is 0 Å². The van der Waals surface area contributed by atoms with E-state index in [1.54, 1.807) is 0 Å². The number of carbonyl (C=O) groups is 2. The Hall–Kier alpha value is -1.22. The van der Waals surface area contributed by atoms with Gasteiger partial charge in [-0.15, -0.1) is 0 Å². The average molecular weight is 352 g/mol. The Bertz CT molecular complexity index is 274. The minimum atomic E-state index is -1.17. The fraction of sp³-hybridized carbons (Fsp3) is 0.875. The summed E-state index contributed by atoms with van der Waals surface area (Å²) in [6.07, 6.45) is 5.47. The third kappa shape index (κ3) is 28.9. The minimum absolute atomic E-state index is 0.0628. The molecule has 0 heterocycles. The van der Waals surface area contributed by atoms with Crippen LogP contribution in [-0.2, 0) is 9.59 Å². The van der Waals surface area contributed by atoms with E-state index in [0.29, 0.717) is 25.7 Å². The fourth-order valence-electron chi connectivity index (χ4n) is 1.91. The predicted octanol–water partition coefficient (Wildman–Crippen LogP) is 1.44. The van der Waals surface area contributed by atoms with Gasteiger partial charge < -0.3 is 30.6 Å². The Morgan fingerprint density at radius 2 is 0.833 bits per heavy atom. The van der Waals surface area contributed by atoms with Crippen molar-refractivity contribution in [1.82, 2.24) is 0 Å². The molecule has 6 N–H and O–H groups in total. The lowest BCUT2D eigenvalue weighted by Gasteiger charge is -2.04. The monoisotopic (exact) mass is 352 g/mol. The summed E-state index contributed by atoms with van der Waals surface area (Å²) in [5.41, 5.74) is 0. The Balaban J connectivity index is 0. The standard InChI is InChI=1S/C10H22O4.C6H10O4/c11-9(12)7-5-3-1-2-4-6-8-10(13)14;7-5(8)3-1-2-4-6(9)10/h9-14H,1-8H2;1-4H2,(H,7,8)(H,9,10). The zero-order valence-electron chi connectivity index (χ0n) is 14.1. The van der Waals surface area contributed by atoms with Crippen molar-refractivity contribution in [3.63, 3.8) is 0 Å². The summed E-state index contributed by atoms with van der Waals surface area (Å²) >= 11 is 0. The Morgan fingerprint density at radius 3 is 1.08 bits per heavy atom. The largest absolute Gasteiger partial charge is 0.481 e. The number of aliphatic carboxylic acids is 2. The van der Waals surface area contributed by atoms with Gasteiger partial charge in [0.25, 0.3) is 0 Å². The topological polar surface area (TPSA) is 156 Å². The van der Waals surface area contributed by atoms with Gasteiger partial charge in [0.05, 0.1) is 0 Å². The van der Waals surface area contributed by atoms with Crippen LogP contribution in [0.15, 0.2) is 0 Å². The maximum atomic E-state index is 9.90. The molecule has 144 valence electrons. The van der Waals surface area contributed by atoms with Crippen LogP contribution in [0.3, 0.4) is 0 Å². The number of rotatable bonds is 14. The molecule has 8 nitrogen and oxygen atoms in total. The van der Waals surface area contributed by atoms with Crippen molar-refractivity contribution in [1.29, 1.82) is 0 Å². The highest BCUT2D eigenvalue weighted by Gasteiger charge is 1.99. The van der Waals surface area contributed by atoms with Crippen molar-refractivity contribution in [2.45, 2.75) is 89.6 Å². The van der Waals surface area contributed by atoms with Gasteiger partial charge in [-0.3, -0.25) is 9.59 Å². The number of hydrogen-bond donors (Lipinski definition) is 6. The lowest BCUT2D eigenvalue weighted by Crippen LogP contribution is -2.03. The van der Waals surface area contributed by atoms with Crippen LogP contribution in [0.4, 0.5) is 0 Å². The molecule has 0 spiro atoms. The van der Waals surface area contributed by atoms with Crippen molar-refractivity contribution >= 4 is 11.9 Å². The number of aliphatic hydroxyl groups is 4. The molecule has 0 atom stereocenters. The van der Waals surface area contributed by atoms with Crippen LogP contribution in [0, 0.1) is 0 Å². The zero-order valence-corrected chi connectivity index (χ0v) is 14.1. The van der Waals surface area contributed by atoms with Crippen LogP contribution in [-0.4, -0.2) is 55.2 Å². The summed E-state index contributed by atoms with van der Waals surface area (Å²) in [6.45, 7) is 0. The SMILES string of the molecule is O=C(O)CCCCC(=O)O.OC(O)CCCCCCCCC(O)O. The quantitative estimate of drug-likeness (QED) is 0.203. The van der Waals surface area contributed by atoms with Gasteiger partial charge in [-0.1, -0.05) is 25.7 Å². The third-order valence-corrected chi connectivity index (χ3v) is 3.21. The van der Waals surface area contributed by atoms with Gasteiger partial charge in [0.15, 0.2) is 12.6 Å². The molecule has 0 fully saturated rings. The maximum Gasteiger partial charge on any atom is 0.303 e. The van der Waals surface area contributed by atoms with Crippen LogP contribution in [0.1, 0.15) is 77.0 Å². The molecule has 0 amide bonds. The molecular weight excluding hydrogens is 320 g/mol. The number of carboxylic acid groups (broad SMARTS) is 2. The summed E-state index contributed by atoms with van der Waals surface area (Å²) < 4.78 is 0. The molecule has 0 saturated carbocycles. The number of carboxylic acids is 2. The van der Waals surface area contributed by atoms with Crippen molar-refractivity contribution in [2.75, 3.05) is 0 Å². The van der Waals surface area contributed by atoms with Crippen molar-refractivity contribution in [2.24, 2.45) is 0 Å². The highest BCUT2D eigenvalue weighted by molar-refractivity contribution is 5.67. The molecule has 8 heteroatoms. The first kappa shape index (κ1) is 25.0. The van der Waals surface area contributed by atoms with Crippen molar-refractivity contribution < 1.29 is 40.2 Å². The molecule has 0 aliphatic heterocycles. The Labute approximate surface area is 142 Å². The number of unbranched alkanes of at least 4 members (excludes halogenated alkanes) is 6. The van der Waals surface area contributed by atoms with Gasteiger partial charge in [0, 0.05) is 12.8 Å². The molecule has 0 aliphatic rings. The molecule has 0 aliphatic carbocycles. The van der Waals surface area contributed by atoms with Gasteiger partial charge in [-0.25, -0.2) is 0 Å². The van der Waals surface area contributed by atoms with Gasteiger partial charge in [0.2, 0.25) is 0 Å². The summed E-state index contributed by atoms with van der Waals surface area (Å²) in [7, 11) is 0. The minimum Gasteiger partial charge on any atom is -0.481 e. The number of hydrogen-bond acceptors (Lipinski definition) is 6. The fourth-order valence-corrected chi connectivity index (χ4v) is 1.91. The first-order valence-corrected chi connectivity index (χ1v) is 8.41. The molecule has 0 bridgehead atoms. The van der Waals surface area contributed by atoms with Gasteiger partial charge in [-0.05, 0) is 38.5 Å². The molecular formula is C16H32O8. The van der Waals surface area contributed by atoms with E-state index in [-0.39, 0.29) is 12.8 Å². The summed E-state index contributed by atoms with van der Waals surface area (Å²) in [5.74, 6) is -1.74. The molecule has 0 rings (SSSR count). The molecule has 0 aromatic heterocycles. The molecule has 0 aromatic rings. The second kappa shape index (κ2) is 18.1. The lowest BCUT2D eigenvalue weighted by atomic mass is 10.1.